The third kappa shape index (κ3) is 8.67. The third-order valence-corrected chi connectivity index (χ3v) is 4.42. The van der Waals surface area contributed by atoms with Crippen LogP contribution in [0.3, 0.4) is 0 Å². The number of carbonyl (C=O) groups is 1. The molecule has 3 nitrogen and oxygen atoms in total. The van der Waals surface area contributed by atoms with Gasteiger partial charge in [-0.05, 0) is 55.5 Å². The Morgan fingerprint density at radius 3 is 2.33 bits per heavy atom. The van der Waals surface area contributed by atoms with Crippen LogP contribution in [0.25, 0.3) is 0 Å². The minimum Gasteiger partial charge on any atom is -0.356 e. The molecule has 0 bridgehead atoms. The van der Waals surface area contributed by atoms with E-state index in [1.54, 1.807) is 0 Å². The van der Waals surface area contributed by atoms with Crippen molar-refractivity contribution in [1.29, 1.82) is 0 Å². The molecule has 0 radical (unpaired) electrons. The third-order valence-electron chi connectivity index (χ3n) is 4.42. The number of hydrogen-bond donors (Lipinski definition) is 2. The molecule has 1 saturated heterocycles. The summed E-state index contributed by atoms with van der Waals surface area (Å²) in [5.41, 5.74) is 0.196. The van der Waals surface area contributed by atoms with Crippen molar-refractivity contribution >= 4 is 18.3 Å². The zero-order valence-electron chi connectivity index (χ0n) is 14.5. The second kappa shape index (κ2) is 9.68. The van der Waals surface area contributed by atoms with E-state index < -0.39 is 0 Å². The summed E-state index contributed by atoms with van der Waals surface area (Å²) in [5, 5.41) is 6.53. The number of hydrogen-bond acceptors (Lipinski definition) is 2. The van der Waals surface area contributed by atoms with Crippen molar-refractivity contribution in [3.63, 3.8) is 0 Å². The van der Waals surface area contributed by atoms with Gasteiger partial charge in [-0.15, -0.1) is 12.4 Å². The average Bonchev–Trinajstić information content (AvgIpc) is 2.36. The lowest BCUT2D eigenvalue weighted by atomic mass is 9.83. The van der Waals surface area contributed by atoms with Crippen LogP contribution in [0.4, 0.5) is 0 Å². The Morgan fingerprint density at radius 2 is 1.81 bits per heavy atom. The fourth-order valence-electron chi connectivity index (χ4n) is 3.46. The SMILES string of the molecule is CC(C)CC(C)(C)CNC(=O)CC(C)C1CCNCC1.Cl. The highest BCUT2D eigenvalue weighted by atomic mass is 35.5. The van der Waals surface area contributed by atoms with E-state index in [1.165, 1.54) is 12.8 Å². The molecule has 1 heterocycles. The van der Waals surface area contributed by atoms with Crippen LogP contribution in [0.5, 0.6) is 0 Å². The zero-order chi connectivity index (χ0) is 15.2. The first-order valence-electron chi connectivity index (χ1n) is 8.27. The van der Waals surface area contributed by atoms with Crippen LogP contribution in [0, 0.1) is 23.2 Å². The Bertz CT molecular complexity index is 299. The number of rotatable bonds is 7. The van der Waals surface area contributed by atoms with Gasteiger partial charge in [-0.25, -0.2) is 0 Å². The summed E-state index contributed by atoms with van der Waals surface area (Å²) in [6.45, 7) is 14.2. The van der Waals surface area contributed by atoms with Gasteiger partial charge in [-0.1, -0.05) is 34.6 Å². The largest absolute Gasteiger partial charge is 0.356 e. The number of carbonyl (C=O) groups excluding carboxylic acids is 1. The highest BCUT2D eigenvalue weighted by molar-refractivity contribution is 5.85. The smallest absolute Gasteiger partial charge is 0.220 e. The van der Waals surface area contributed by atoms with Crippen LogP contribution in [-0.4, -0.2) is 25.5 Å². The van der Waals surface area contributed by atoms with E-state index in [1.807, 2.05) is 0 Å². The first-order valence-corrected chi connectivity index (χ1v) is 8.27. The summed E-state index contributed by atoms with van der Waals surface area (Å²) < 4.78 is 0. The first kappa shape index (κ1) is 20.7. The maximum atomic E-state index is 12.1. The summed E-state index contributed by atoms with van der Waals surface area (Å²) in [5.74, 6) is 2.12. The maximum absolute atomic E-state index is 12.1. The second-order valence-electron chi connectivity index (χ2n) is 7.81. The van der Waals surface area contributed by atoms with E-state index in [0.29, 0.717) is 24.2 Å². The van der Waals surface area contributed by atoms with Crippen LogP contribution in [0.15, 0.2) is 0 Å². The molecule has 0 aromatic heterocycles. The molecule has 0 saturated carbocycles. The van der Waals surface area contributed by atoms with Crippen LogP contribution in [0.1, 0.15) is 60.3 Å². The molecule has 21 heavy (non-hydrogen) atoms. The standard InChI is InChI=1S/C17H34N2O.ClH/c1-13(2)11-17(4,5)12-19-16(20)10-14(3)15-6-8-18-9-7-15;/h13-15,18H,6-12H2,1-5H3,(H,19,20);1H. The molecule has 1 aliphatic rings. The summed E-state index contributed by atoms with van der Waals surface area (Å²) in [6, 6.07) is 0. The molecule has 0 spiro atoms. The maximum Gasteiger partial charge on any atom is 0.220 e. The Labute approximate surface area is 137 Å². The molecule has 1 atom stereocenters. The summed E-state index contributed by atoms with van der Waals surface area (Å²) >= 11 is 0. The minimum atomic E-state index is 0. The number of piperidine rings is 1. The molecule has 1 fully saturated rings. The fraction of sp³-hybridized carbons (Fsp3) is 0.941. The molecule has 1 unspecified atom stereocenters. The van der Waals surface area contributed by atoms with Crippen molar-refractivity contribution < 1.29 is 4.79 Å². The molecular formula is C17H35ClN2O. The van der Waals surface area contributed by atoms with E-state index in [9.17, 15) is 4.79 Å². The quantitative estimate of drug-likeness (QED) is 0.752. The highest BCUT2D eigenvalue weighted by Gasteiger charge is 2.24. The normalized spacial score (nSPS) is 18.2. The van der Waals surface area contributed by atoms with Crippen molar-refractivity contribution in [1.82, 2.24) is 10.6 Å². The molecule has 4 heteroatoms. The predicted octanol–water partition coefficient (Wildman–Crippen LogP) is 3.62. The van der Waals surface area contributed by atoms with Gasteiger partial charge in [0.2, 0.25) is 5.91 Å². The summed E-state index contributed by atoms with van der Waals surface area (Å²) in [6.07, 6.45) is 4.26. The van der Waals surface area contributed by atoms with E-state index in [2.05, 4.69) is 45.3 Å². The monoisotopic (exact) mass is 318 g/mol. The Hall–Kier alpha value is -0.280. The fourth-order valence-corrected chi connectivity index (χ4v) is 3.46. The second-order valence-corrected chi connectivity index (χ2v) is 7.81. The molecule has 1 aliphatic heterocycles. The molecule has 0 aromatic rings. The van der Waals surface area contributed by atoms with Crippen LogP contribution in [0.2, 0.25) is 0 Å². The molecule has 1 rings (SSSR count). The number of amides is 1. The zero-order valence-corrected chi connectivity index (χ0v) is 15.3. The van der Waals surface area contributed by atoms with E-state index in [0.717, 1.165) is 26.1 Å². The highest BCUT2D eigenvalue weighted by Crippen LogP contribution is 2.26. The van der Waals surface area contributed by atoms with Crippen molar-refractivity contribution in [2.45, 2.75) is 60.3 Å². The Kier molecular flexibility index (Phi) is 9.55. The van der Waals surface area contributed by atoms with Crippen molar-refractivity contribution in [2.75, 3.05) is 19.6 Å². The van der Waals surface area contributed by atoms with Gasteiger partial charge in [-0.3, -0.25) is 4.79 Å². The van der Waals surface area contributed by atoms with Gasteiger partial charge in [0.15, 0.2) is 0 Å². The van der Waals surface area contributed by atoms with Gasteiger partial charge in [0.1, 0.15) is 0 Å². The van der Waals surface area contributed by atoms with Gasteiger partial charge in [0.05, 0.1) is 0 Å². The van der Waals surface area contributed by atoms with Gasteiger partial charge < -0.3 is 10.6 Å². The van der Waals surface area contributed by atoms with Crippen molar-refractivity contribution in [2.24, 2.45) is 23.2 Å². The first-order chi connectivity index (χ1) is 9.30. The van der Waals surface area contributed by atoms with Gasteiger partial charge in [0, 0.05) is 13.0 Å². The molecule has 1 amide bonds. The molecule has 0 aliphatic carbocycles. The van der Waals surface area contributed by atoms with Gasteiger partial charge in [0.25, 0.3) is 0 Å². The van der Waals surface area contributed by atoms with Crippen molar-refractivity contribution in [3.8, 4) is 0 Å². The number of halogens is 1. The lowest BCUT2D eigenvalue weighted by Crippen LogP contribution is -2.37. The topological polar surface area (TPSA) is 41.1 Å². The molecule has 2 N–H and O–H groups in total. The predicted molar refractivity (Wildman–Crippen MR) is 92.9 cm³/mol. The lowest BCUT2D eigenvalue weighted by Gasteiger charge is -2.29. The number of nitrogens with one attached hydrogen (secondary N) is 2. The van der Waals surface area contributed by atoms with Gasteiger partial charge in [-0.2, -0.15) is 0 Å². The molecule has 0 aromatic carbocycles. The van der Waals surface area contributed by atoms with Crippen LogP contribution in [-0.2, 0) is 4.79 Å². The Balaban J connectivity index is 0.00000400. The molecular weight excluding hydrogens is 284 g/mol. The summed E-state index contributed by atoms with van der Waals surface area (Å²) in [4.78, 5) is 12.1. The minimum absolute atomic E-state index is 0. The van der Waals surface area contributed by atoms with Crippen LogP contribution < -0.4 is 10.6 Å². The Morgan fingerprint density at radius 1 is 1.24 bits per heavy atom. The van der Waals surface area contributed by atoms with Crippen molar-refractivity contribution in [3.05, 3.63) is 0 Å². The summed E-state index contributed by atoms with van der Waals surface area (Å²) in [7, 11) is 0. The van der Waals surface area contributed by atoms with Crippen LogP contribution >= 0.6 is 12.4 Å². The van der Waals surface area contributed by atoms with E-state index in [-0.39, 0.29) is 23.7 Å². The lowest BCUT2D eigenvalue weighted by molar-refractivity contribution is -0.122. The average molecular weight is 319 g/mol. The van der Waals surface area contributed by atoms with Gasteiger partial charge >= 0.3 is 0 Å². The van der Waals surface area contributed by atoms with E-state index >= 15 is 0 Å². The van der Waals surface area contributed by atoms with E-state index in [4.69, 9.17) is 0 Å². The molecule has 126 valence electrons.